The fourth-order valence-electron chi connectivity index (χ4n) is 11.2. The van der Waals surface area contributed by atoms with E-state index < -0.39 is 0 Å². The van der Waals surface area contributed by atoms with Gasteiger partial charge in [-0.2, -0.15) is 0 Å². The number of hydrogen-bond donors (Lipinski definition) is 0. The van der Waals surface area contributed by atoms with Crippen molar-refractivity contribution in [2.45, 2.75) is 105 Å². The summed E-state index contributed by atoms with van der Waals surface area (Å²) < 4.78 is 5.36. The van der Waals surface area contributed by atoms with Crippen LogP contribution in [0.5, 0.6) is 0 Å². The summed E-state index contributed by atoms with van der Waals surface area (Å²) in [6.07, 6.45) is 4.06. The Bertz CT molecular complexity index is 3620. The Labute approximate surface area is 359 Å². The molecule has 7 aromatic carbocycles. The number of nitrogens with zero attached hydrogens (tertiary/aromatic N) is 3. The van der Waals surface area contributed by atoms with Crippen molar-refractivity contribution >= 4 is 99.0 Å². The third-order valence-electron chi connectivity index (χ3n) is 14.5. The van der Waals surface area contributed by atoms with Gasteiger partial charge in [-0.3, -0.25) is 4.98 Å². The highest BCUT2D eigenvalue weighted by Gasteiger charge is 2.43. The van der Waals surface area contributed by atoms with Crippen LogP contribution in [0.15, 0.2) is 109 Å². The number of hydrogen-bond acceptors (Lipinski definition) is 1. The minimum absolute atomic E-state index is 0.00898. The lowest BCUT2D eigenvalue weighted by molar-refractivity contribution is 0.590. The Morgan fingerprint density at radius 3 is 1.48 bits per heavy atom. The Hall–Kier alpha value is -5.87. The zero-order valence-electron chi connectivity index (χ0n) is 37.8. The molecule has 0 bridgehead atoms. The second-order valence-electron chi connectivity index (χ2n) is 22.5. The minimum atomic E-state index is -0.0507. The van der Waals surface area contributed by atoms with E-state index in [2.05, 4.69) is 195 Å². The highest BCUT2D eigenvalue weighted by Crippen LogP contribution is 2.47. The molecule has 3 aromatic heterocycles. The first-order valence-corrected chi connectivity index (χ1v) is 22.3. The van der Waals surface area contributed by atoms with Crippen molar-refractivity contribution in [2.75, 3.05) is 0 Å². The van der Waals surface area contributed by atoms with Gasteiger partial charge in [-0.25, -0.2) is 0 Å². The predicted molar refractivity (Wildman–Crippen MR) is 265 cm³/mol. The van der Waals surface area contributed by atoms with Crippen LogP contribution in [0.3, 0.4) is 0 Å². The molecule has 2 aliphatic heterocycles. The van der Waals surface area contributed by atoms with Crippen molar-refractivity contribution in [3.05, 3.63) is 132 Å². The molecule has 0 unspecified atom stereocenters. The molecule has 0 saturated carbocycles. The highest BCUT2D eigenvalue weighted by molar-refractivity contribution is 7.00. The maximum atomic E-state index is 4.81. The summed E-state index contributed by atoms with van der Waals surface area (Å²) in [5.41, 5.74) is 17.4. The molecule has 61 heavy (non-hydrogen) atoms. The fraction of sp³-hybridized carbons (Fsp3) is 0.281. The molecule has 0 N–H and O–H groups in total. The van der Waals surface area contributed by atoms with Crippen molar-refractivity contribution in [1.29, 1.82) is 0 Å². The molecule has 0 spiro atoms. The first-order chi connectivity index (χ1) is 28.8. The second-order valence-corrected chi connectivity index (χ2v) is 22.5. The van der Waals surface area contributed by atoms with Crippen LogP contribution in [0.25, 0.3) is 87.3 Å². The van der Waals surface area contributed by atoms with E-state index in [9.17, 15) is 0 Å². The van der Waals surface area contributed by atoms with Crippen LogP contribution < -0.4 is 16.4 Å². The van der Waals surface area contributed by atoms with Crippen LogP contribution in [0.2, 0.25) is 0 Å². The molecule has 10 aromatic rings. The summed E-state index contributed by atoms with van der Waals surface area (Å²) in [5.74, 6) is 0. The van der Waals surface area contributed by atoms with E-state index in [1.807, 2.05) is 6.20 Å². The molecular weight excluding hydrogens is 737 g/mol. The zero-order chi connectivity index (χ0) is 42.4. The average Bonchev–Trinajstić information content (AvgIpc) is 3.72. The number of benzene rings is 7. The second kappa shape index (κ2) is 11.5. The van der Waals surface area contributed by atoms with Crippen LogP contribution in [0.4, 0.5) is 0 Å². The molecule has 5 heterocycles. The van der Waals surface area contributed by atoms with E-state index in [1.54, 1.807) is 0 Å². The van der Waals surface area contributed by atoms with E-state index in [-0.39, 0.29) is 28.4 Å². The minimum Gasteiger partial charge on any atom is -0.310 e. The van der Waals surface area contributed by atoms with E-state index in [4.69, 9.17) is 4.98 Å². The van der Waals surface area contributed by atoms with Crippen LogP contribution in [0, 0.1) is 0 Å². The zero-order valence-corrected chi connectivity index (χ0v) is 37.8. The molecule has 0 atom stereocenters. The molecule has 300 valence electrons. The Morgan fingerprint density at radius 2 is 0.918 bits per heavy atom. The largest absolute Gasteiger partial charge is 0.310 e. The first kappa shape index (κ1) is 36.9. The van der Waals surface area contributed by atoms with Gasteiger partial charge in [0.05, 0.1) is 16.7 Å². The normalized spacial score (nSPS) is 14.2. The molecule has 3 nitrogen and oxygen atoms in total. The van der Waals surface area contributed by atoms with Crippen LogP contribution in [0.1, 0.15) is 105 Å². The van der Waals surface area contributed by atoms with Gasteiger partial charge in [0.15, 0.2) is 0 Å². The lowest BCUT2D eigenvalue weighted by Gasteiger charge is -2.36. The molecule has 0 fully saturated rings. The van der Waals surface area contributed by atoms with Gasteiger partial charge in [-0.1, -0.05) is 132 Å². The fourth-order valence-corrected chi connectivity index (χ4v) is 11.2. The van der Waals surface area contributed by atoms with Gasteiger partial charge in [-0.05, 0) is 130 Å². The van der Waals surface area contributed by atoms with E-state index in [0.29, 0.717) is 0 Å². The lowest BCUT2D eigenvalue weighted by Crippen LogP contribution is -2.59. The lowest BCUT2D eigenvalue weighted by atomic mass is 9.33. The predicted octanol–water partition coefficient (Wildman–Crippen LogP) is 13.1. The van der Waals surface area contributed by atoms with E-state index >= 15 is 0 Å². The van der Waals surface area contributed by atoms with E-state index in [1.165, 1.54) is 126 Å². The van der Waals surface area contributed by atoms with Crippen LogP contribution in [-0.4, -0.2) is 20.8 Å². The Morgan fingerprint density at radius 1 is 0.426 bits per heavy atom. The number of pyridine rings is 1. The van der Waals surface area contributed by atoms with Crippen molar-refractivity contribution < 1.29 is 0 Å². The van der Waals surface area contributed by atoms with Gasteiger partial charge in [0.25, 0.3) is 6.71 Å². The topological polar surface area (TPSA) is 22.8 Å². The van der Waals surface area contributed by atoms with Crippen LogP contribution in [-0.2, 0) is 21.7 Å². The summed E-state index contributed by atoms with van der Waals surface area (Å²) in [7, 11) is 0. The van der Waals surface area contributed by atoms with Crippen molar-refractivity contribution in [1.82, 2.24) is 14.1 Å². The molecule has 0 aliphatic carbocycles. The van der Waals surface area contributed by atoms with Gasteiger partial charge in [0.2, 0.25) is 0 Å². The maximum absolute atomic E-state index is 4.81. The smallest absolute Gasteiger partial charge is 0.252 e. The quantitative estimate of drug-likeness (QED) is 0.111. The number of aromatic nitrogens is 3. The van der Waals surface area contributed by atoms with Gasteiger partial charge >= 0.3 is 0 Å². The van der Waals surface area contributed by atoms with Crippen molar-refractivity contribution in [2.24, 2.45) is 0 Å². The van der Waals surface area contributed by atoms with Gasteiger partial charge in [0.1, 0.15) is 0 Å². The molecule has 0 radical (unpaired) electrons. The number of fused-ring (bicyclic) bond motifs is 17. The average molecular weight is 792 g/mol. The maximum Gasteiger partial charge on any atom is 0.252 e. The molecular formula is C57H54BN3. The summed E-state index contributed by atoms with van der Waals surface area (Å²) in [6, 6.07) is 38.7. The SMILES string of the molecule is CC(C)(C)c1ccc2c(c1)c1cc(C(C)(C)C)cc3c1n2-c1cc2c4cnccc4c4ccccc4c2c2c1B3c1cc(C(C)(C)C)cc3c4cc(C(C)(C)C)ccc4n-2c13. The van der Waals surface area contributed by atoms with Gasteiger partial charge in [0, 0.05) is 61.4 Å². The molecule has 2 aliphatic rings. The first-order valence-electron chi connectivity index (χ1n) is 22.3. The summed E-state index contributed by atoms with van der Waals surface area (Å²) in [4.78, 5) is 4.81. The van der Waals surface area contributed by atoms with Gasteiger partial charge < -0.3 is 9.13 Å². The Kier molecular flexibility index (Phi) is 6.98. The molecule has 12 rings (SSSR count). The molecule has 0 saturated heterocycles. The van der Waals surface area contributed by atoms with E-state index in [0.717, 1.165) is 0 Å². The third-order valence-corrected chi connectivity index (χ3v) is 14.5. The van der Waals surface area contributed by atoms with Crippen molar-refractivity contribution in [3.63, 3.8) is 0 Å². The summed E-state index contributed by atoms with van der Waals surface area (Å²) in [5, 5.41) is 12.9. The highest BCUT2D eigenvalue weighted by atomic mass is 15.0. The van der Waals surface area contributed by atoms with Crippen molar-refractivity contribution in [3.8, 4) is 11.4 Å². The summed E-state index contributed by atoms with van der Waals surface area (Å²) in [6.45, 7) is 28.3. The molecule has 0 amide bonds. The van der Waals surface area contributed by atoms with Gasteiger partial charge in [-0.15, -0.1) is 0 Å². The third kappa shape index (κ3) is 4.85. The number of rotatable bonds is 0. The molecule has 4 heteroatoms. The summed E-state index contributed by atoms with van der Waals surface area (Å²) >= 11 is 0. The monoisotopic (exact) mass is 791 g/mol. The Balaban J connectivity index is 1.40. The standard InChI is InChI=1S/C57H54BN3/c1-54(2,3)31-17-19-46-38(23-31)41-25-33(56(7,8)9)27-44-51(41)60(46)48-29-40-43-30-59-22-21-36(43)35-15-13-14-16-37(35)49(40)53-50(48)58(44)45-28-34(57(10,11)12)26-42-39-24-32(55(4,5)6)18-20-47(39)61(53)52(42)45/h13-30H,1-12H3. The van der Waals surface area contributed by atoms with Crippen LogP contribution >= 0.6 is 0 Å².